The maximum absolute atomic E-state index is 11.1. The highest BCUT2D eigenvalue weighted by molar-refractivity contribution is 7.99. The topological polar surface area (TPSA) is 85.5 Å². The molecule has 0 saturated heterocycles. The van der Waals surface area contributed by atoms with Gasteiger partial charge in [0.05, 0.1) is 5.75 Å². The van der Waals surface area contributed by atoms with Crippen molar-refractivity contribution < 1.29 is 9.94 Å². The molecule has 1 aromatic rings. The first kappa shape index (κ1) is 9.66. The molecule has 0 unspecified atom stereocenters. The molecule has 0 fully saturated rings. The monoisotopic (exact) mass is 199 g/mol. The van der Waals surface area contributed by atoms with Crippen LogP contribution in [0.5, 0.6) is 0 Å². The van der Waals surface area contributed by atoms with E-state index in [0.717, 1.165) is 4.73 Å². The molecule has 70 valence electrons. The van der Waals surface area contributed by atoms with Gasteiger partial charge in [0.25, 0.3) is 5.03 Å². The predicted molar refractivity (Wildman–Crippen MR) is 49.5 cm³/mol. The van der Waals surface area contributed by atoms with Crippen molar-refractivity contribution in [1.29, 1.82) is 0 Å². The summed E-state index contributed by atoms with van der Waals surface area (Å²) in [5, 5.41) is 22.6. The third kappa shape index (κ3) is 2.83. The molecule has 6 heteroatoms. The van der Waals surface area contributed by atoms with E-state index in [2.05, 4.69) is 5.16 Å². The maximum Gasteiger partial charge on any atom is 0.251 e. The smallest absolute Gasteiger partial charge is 0.251 e. The van der Waals surface area contributed by atoms with Gasteiger partial charge in [-0.05, 0) is 17.8 Å². The Balaban J connectivity index is 2.60. The Kier molecular flexibility index (Phi) is 3.39. The first-order valence-electron chi connectivity index (χ1n) is 3.51. The van der Waals surface area contributed by atoms with Crippen LogP contribution in [0.15, 0.2) is 34.6 Å². The van der Waals surface area contributed by atoms with Crippen molar-refractivity contribution in [2.45, 2.75) is 5.03 Å². The zero-order valence-corrected chi connectivity index (χ0v) is 7.57. The van der Waals surface area contributed by atoms with Gasteiger partial charge in [-0.1, -0.05) is 5.16 Å². The third-order valence-corrected chi connectivity index (χ3v) is 2.34. The van der Waals surface area contributed by atoms with Crippen LogP contribution in [0.1, 0.15) is 0 Å². The first-order chi connectivity index (χ1) is 6.24. The minimum atomic E-state index is 0.0915. The molecule has 1 aromatic heterocycles. The van der Waals surface area contributed by atoms with Gasteiger partial charge in [-0.3, -0.25) is 0 Å². The molecule has 13 heavy (non-hydrogen) atoms. The Morgan fingerprint density at radius 3 is 3.08 bits per heavy atom. The Labute approximate surface area is 79.4 Å². The molecule has 0 aliphatic rings. The molecule has 0 bridgehead atoms. The van der Waals surface area contributed by atoms with Crippen molar-refractivity contribution >= 4 is 17.6 Å². The van der Waals surface area contributed by atoms with Crippen LogP contribution in [-0.2, 0) is 0 Å². The van der Waals surface area contributed by atoms with E-state index in [0.29, 0.717) is 10.8 Å². The van der Waals surface area contributed by atoms with E-state index in [9.17, 15) is 5.21 Å². The summed E-state index contributed by atoms with van der Waals surface area (Å²) in [7, 11) is 0. The molecule has 0 saturated carbocycles. The quantitative estimate of drug-likeness (QED) is 0.138. The highest BCUT2D eigenvalue weighted by atomic mass is 32.2. The van der Waals surface area contributed by atoms with Gasteiger partial charge < -0.3 is 16.1 Å². The molecule has 0 amide bonds. The summed E-state index contributed by atoms with van der Waals surface area (Å²) in [5.74, 6) is 0.386. The number of pyridine rings is 1. The summed E-state index contributed by atoms with van der Waals surface area (Å²) in [6.07, 6.45) is 1.40. The largest absolute Gasteiger partial charge is 0.618 e. The lowest BCUT2D eigenvalue weighted by atomic mass is 10.5. The normalized spacial score (nSPS) is 11.5. The summed E-state index contributed by atoms with van der Waals surface area (Å²) in [5.41, 5.74) is 5.24. The highest BCUT2D eigenvalue weighted by Crippen LogP contribution is 2.11. The van der Waals surface area contributed by atoms with Crippen LogP contribution in [0.2, 0.25) is 0 Å². The van der Waals surface area contributed by atoms with Crippen LogP contribution in [0.3, 0.4) is 0 Å². The van der Waals surface area contributed by atoms with Crippen LogP contribution < -0.4 is 10.5 Å². The van der Waals surface area contributed by atoms with E-state index in [4.69, 9.17) is 10.9 Å². The average molecular weight is 199 g/mol. The van der Waals surface area contributed by atoms with E-state index in [1.807, 2.05) is 0 Å². The Morgan fingerprint density at radius 2 is 2.46 bits per heavy atom. The number of hydrogen-bond donors (Lipinski definition) is 2. The Hall–Kier alpha value is -1.43. The SMILES string of the molecule is N/C(CSc1cccc[n+]1[O-])=N/O. The number of amidine groups is 1. The van der Waals surface area contributed by atoms with Gasteiger partial charge in [0.2, 0.25) is 0 Å². The lowest BCUT2D eigenvalue weighted by Gasteiger charge is -2.01. The second-order valence-electron chi connectivity index (χ2n) is 2.24. The molecule has 5 nitrogen and oxygen atoms in total. The molecule has 1 heterocycles. The lowest BCUT2D eigenvalue weighted by molar-refractivity contribution is -0.645. The van der Waals surface area contributed by atoms with Gasteiger partial charge in [0.1, 0.15) is 5.84 Å². The van der Waals surface area contributed by atoms with Crippen molar-refractivity contribution in [2.75, 3.05) is 5.75 Å². The summed E-state index contributed by atoms with van der Waals surface area (Å²) in [6.45, 7) is 0. The molecule has 0 radical (unpaired) electrons. The van der Waals surface area contributed by atoms with Gasteiger partial charge >= 0.3 is 0 Å². The van der Waals surface area contributed by atoms with E-state index >= 15 is 0 Å². The lowest BCUT2D eigenvalue weighted by Crippen LogP contribution is -2.28. The van der Waals surface area contributed by atoms with Crippen LogP contribution in [0, 0.1) is 5.21 Å². The number of hydrogen-bond acceptors (Lipinski definition) is 4. The van der Waals surface area contributed by atoms with Crippen LogP contribution >= 0.6 is 11.8 Å². The predicted octanol–water partition coefficient (Wildman–Crippen LogP) is 0.159. The van der Waals surface area contributed by atoms with Gasteiger partial charge in [-0.25, -0.2) is 0 Å². The fourth-order valence-electron chi connectivity index (χ4n) is 0.701. The Morgan fingerprint density at radius 1 is 1.69 bits per heavy atom. The zero-order chi connectivity index (χ0) is 9.68. The van der Waals surface area contributed by atoms with Crippen molar-refractivity contribution in [3.05, 3.63) is 29.6 Å². The Bertz CT molecular complexity index is 316. The third-order valence-electron chi connectivity index (χ3n) is 1.28. The second kappa shape index (κ2) is 4.56. The summed E-state index contributed by atoms with van der Waals surface area (Å²) < 4.78 is 0.731. The first-order valence-corrected chi connectivity index (χ1v) is 4.50. The van der Waals surface area contributed by atoms with Crippen LogP contribution in [-0.4, -0.2) is 16.8 Å². The van der Waals surface area contributed by atoms with Crippen molar-refractivity contribution in [3.63, 3.8) is 0 Å². The number of rotatable bonds is 3. The number of aromatic nitrogens is 1. The molecule has 3 N–H and O–H groups in total. The molecule has 1 rings (SSSR count). The van der Waals surface area contributed by atoms with Crippen LogP contribution in [0.4, 0.5) is 0 Å². The molecule has 0 spiro atoms. The van der Waals surface area contributed by atoms with Crippen LogP contribution in [0.25, 0.3) is 0 Å². The van der Waals surface area contributed by atoms with E-state index < -0.39 is 0 Å². The molecule has 0 atom stereocenters. The maximum atomic E-state index is 11.1. The minimum absolute atomic E-state index is 0.0915. The molecular weight excluding hydrogens is 190 g/mol. The summed E-state index contributed by atoms with van der Waals surface area (Å²) >= 11 is 1.21. The van der Waals surface area contributed by atoms with E-state index in [1.165, 1.54) is 18.0 Å². The molecule has 0 aromatic carbocycles. The zero-order valence-electron chi connectivity index (χ0n) is 6.75. The van der Waals surface area contributed by atoms with E-state index in [-0.39, 0.29) is 5.84 Å². The number of oxime groups is 1. The summed E-state index contributed by atoms with van der Waals surface area (Å²) in [6, 6.07) is 5.06. The van der Waals surface area contributed by atoms with Gasteiger partial charge in [-0.2, -0.15) is 4.73 Å². The van der Waals surface area contributed by atoms with Gasteiger partial charge in [0, 0.05) is 12.1 Å². The van der Waals surface area contributed by atoms with E-state index in [1.54, 1.807) is 18.2 Å². The van der Waals surface area contributed by atoms with Crippen molar-refractivity contribution in [1.82, 2.24) is 0 Å². The fourth-order valence-corrected chi connectivity index (χ4v) is 1.42. The standard InChI is InChI=1S/C7H9N3O2S/c8-6(9-11)5-13-7-3-1-2-4-10(7)12/h1-4,11H,5H2,(H2,8,9). The van der Waals surface area contributed by atoms with Gasteiger partial charge in [-0.15, -0.1) is 0 Å². The average Bonchev–Trinajstić information content (AvgIpc) is 2.16. The number of nitrogens with two attached hydrogens (primary N) is 1. The van der Waals surface area contributed by atoms with Crippen molar-refractivity contribution in [3.8, 4) is 0 Å². The summed E-state index contributed by atoms with van der Waals surface area (Å²) in [4.78, 5) is 0. The second-order valence-corrected chi connectivity index (χ2v) is 3.24. The molecule has 0 aliphatic carbocycles. The van der Waals surface area contributed by atoms with Gasteiger partial charge in [0.15, 0.2) is 6.20 Å². The number of thioether (sulfide) groups is 1. The highest BCUT2D eigenvalue weighted by Gasteiger charge is 2.04. The fraction of sp³-hybridized carbons (Fsp3) is 0.143. The van der Waals surface area contributed by atoms with Crippen molar-refractivity contribution in [2.24, 2.45) is 10.9 Å². The molecular formula is C7H9N3O2S. The number of nitrogens with zero attached hydrogens (tertiary/aromatic N) is 2. The minimum Gasteiger partial charge on any atom is -0.618 e. The molecule has 0 aliphatic heterocycles.